The molecule has 64 heavy (non-hydrogen) atoms. The van der Waals surface area contributed by atoms with Crippen molar-refractivity contribution in [3.63, 3.8) is 0 Å². The van der Waals surface area contributed by atoms with Crippen molar-refractivity contribution in [2.45, 2.75) is 76.3 Å². The number of carbonyl (C=O) groups is 4. The van der Waals surface area contributed by atoms with Gasteiger partial charge in [0.25, 0.3) is 11.8 Å². The first-order valence-electron chi connectivity index (χ1n) is 21.2. The lowest BCUT2D eigenvalue weighted by Crippen LogP contribution is -2.47. The summed E-state index contributed by atoms with van der Waals surface area (Å²) in [7, 11) is 3.36. The van der Waals surface area contributed by atoms with E-state index in [4.69, 9.17) is 5.73 Å². The van der Waals surface area contributed by atoms with Gasteiger partial charge < -0.3 is 37.6 Å². The van der Waals surface area contributed by atoms with Gasteiger partial charge in [0, 0.05) is 74.4 Å². The Morgan fingerprint density at radius 1 is 0.828 bits per heavy atom. The Balaban J connectivity index is 0.000000213. The molecule has 0 spiro atoms. The summed E-state index contributed by atoms with van der Waals surface area (Å²) >= 11 is 1.24. The average Bonchev–Trinajstić information content (AvgIpc) is 4.16. The number of aromatic nitrogens is 5. The Morgan fingerprint density at radius 3 is 2.00 bits per heavy atom. The van der Waals surface area contributed by atoms with Crippen LogP contribution < -0.4 is 37.6 Å². The van der Waals surface area contributed by atoms with E-state index in [1.54, 1.807) is 68.1 Å². The van der Waals surface area contributed by atoms with Crippen LogP contribution in [0.5, 0.6) is 0 Å². The third kappa shape index (κ3) is 14.0. The van der Waals surface area contributed by atoms with Crippen molar-refractivity contribution in [2.24, 2.45) is 29.6 Å². The van der Waals surface area contributed by atoms with E-state index in [1.807, 2.05) is 12.1 Å². The molecule has 0 saturated heterocycles. The number of halogens is 1. The van der Waals surface area contributed by atoms with Gasteiger partial charge in [-0.15, -0.1) is 0 Å². The number of benzene rings is 1. The number of nitrogens with zero attached hydrogens (tertiary/aromatic N) is 6. The Hall–Kier alpha value is -7.02. The fourth-order valence-electron chi connectivity index (χ4n) is 7.64. The number of aliphatic imine (C=N–C) groups is 1. The second kappa shape index (κ2) is 23.4. The van der Waals surface area contributed by atoms with Gasteiger partial charge in [0.15, 0.2) is 5.13 Å². The molecule has 336 valence electrons. The average molecular weight is 892 g/mol. The lowest BCUT2D eigenvalue weighted by atomic mass is 9.97. The zero-order valence-corrected chi connectivity index (χ0v) is 36.6. The van der Waals surface area contributed by atoms with Gasteiger partial charge in [0.2, 0.25) is 11.8 Å². The monoisotopic (exact) mass is 891 g/mol. The van der Waals surface area contributed by atoms with Gasteiger partial charge >= 0.3 is 0 Å². The highest BCUT2D eigenvalue weighted by molar-refractivity contribution is 7.17. The Labute approximate surface area is 375 Å². The first kappa shape index (κ1) is 46.5. The van der Waals surface area contributed by atoms with E-state index in [-0.39, 0.29) is 29.0 Å². The number of nitrogens with one attached hydrogen (secondary N) is 6. The molecular weight excluding hydrogens is 838 g/mol. The molecule has 2 fully saturated rings. The number of rotatable bonds is 17. The number of anilines is 5. The van der Waals surface area contributed by atoms with Crippen molar-refractivity contribution >= 4 is 69.1 Å². The molecule has 4 amide bonds. The maximum atomic E-state index is 14.3. The molecule has 5 aromatic rings. The fourth-order valence-corrected chi connectivity index (χ4v) is 8.38. The van der Waals surface area contributed by atoms with Crippen LogP contribution in [0.15, 0.2) is 103 Å². The third-order valence-corrected chi connectivity index (χ3v) is 11.8. The number of thiazole rings is 1. The summed E-state index contributed by atoms with van der Waals surface area (Å²) in [4.78, 5) is 68.3. The largest absolute Gasteiger partial charge is 0.403 e. The molecule has 2 aliphatic rings. The quantitative estimate of drug-likeness (QED) is 0.0492. The first-order chi connectivity index (χ1) is 31.1. The summed E-state index contributed by atoms with van der Waals surface area (Å²) in [5.41, 5.74) is 8.38. The van der Waals surface area contributed by atoms with Crippen LogP contribution in [0.2, 0.25) is 0 Å². The van der Waals surface area contributed by atoms with E-state index in [0.717, 1.165) is 44.2 Å². The molecule has 2 saturated carbocycles. The molecular formula is C45H54FN13O4S. The summed E-state index contributed by atoms with van der Waals surface area (Å²) in [6.45, 7) is 0. The molecule has 0 radical (unpaired) electrons. The molecule has 0 bridgehead atoms. The normalized spacial score (nSPS) is 15.1. The van der Waals surface area contributed by atoms with Crippen molar-refractivity contribution in [3.8, 4) is 0 Å². The van der Waals surface area contributed by atoms with Gasteiger partial charge in [0.1, 0.15) is 22.8 Å². The summed E-state index contributed by atoms with van der Waals surface area (Å²) in [6.07, 6.45) is 24.0. The van der Waals surface area contributed by atoms with Crippen LogP contribution in [-0.2, 0) is 16.6 Å². The minimum absolute atomic E-state index is 0.151. The van der Waals surface area contributed by atoms with Crippen LogP contribution in [0.1, 0.15) is 84.2 Å². The van der Waals surface area contributed by atoms with Crippen LogP contribution in [0, 0.1) is 17.7 Å². The number of carbonyl (C=O) groups excluding carboxylic acids is 4. The summed E-state index contributed by atoms with van der Waals surface area (Å²) in [6, 6.07) is 9.68. The molecule has 1 aromatic carbocycles. The summed E-state index contributed by atoms with van der Waals surface area (Å²) in [5.74, 6) is -1.08. The molecule has 4 aromatic heterocycles. The fraction of sp³-hybridized carbons (Fsp3) is 0.356. The van der Waals surface area contributed by atoms with Crippen molar-refractivity contribution in [1.82, 2.24) is 40.7 Å². The maximum Gasteiger partial charge on any atom is 0.263 e. The molecule has 0 aliphatic heterocycles. The number of allylic oxidation sites excluding steroid dienone is 1. The highest BCUT2D eigenvalue weighted by atomic mass is 32.1. The number of pyridine rings is 2. The molecule has 8 N–H and O–H groups in total. The van der Waals surface area contributed by atoms with Crippen LogP contribution in [-0.4, -0.2) is 73.7 Å². The van der Waals surface area contributed by atoms with Crippen molar-refractivity contribution in [3.05, 3.63) is 114 Å². The number of nitrogens with two attached hydrogens (primary N) is 1. The van der Waals surface area contributed by atoms with E-state index in [9.17, 15) is 23.6 Å². The maximum absolute atomic E-state index is 14.3. The molecule has 2 unspecified atom stereocenters. The minimum Gasteiger partial charge on any atom is -0.403 e. The van der Waals surface area contributed by atoms with Crippen molar-refractivity contribution < 1.29 is 23.6 Å². The molecule has 17 nitrogen and oxygen atoms in total. The molecule has 7 rings (SSSR count). The van der Waals surface area contributed by atoms with Gasteiger partial charge in [-0.3, -0.25) is 38.8 Å². The zero-order chi connectivity index (χ0) is 45.3. The molecule has 4 heterocycles. The summed E-state index contributed by atoms with van der Waals surface area (Å²) in [5, 5.41) is 22.1. The zero-order valence-electron chi connectivity index (χ0n) is 35.8. The molecule has 19 heteroatoms. The highest BCUT2D eigenvalue weighted by Crippen LogP contribution is 2.31. The van der Waals surface area contributed by atoms with Gasteiger partial charge in [-0.1, -0.05) is 62.7 Å². The predicted molar refractivity (Wildman–Crippen MR) is 246 cm³/mol. The van der Waals surface area contributed by atoms with Crippen LogP contribution in [0.4, 0.5) is 32.3 Å². The summed E-state index contributed by atoms with van der Waals surface area (Å²) < 4.78 is 16.0. The first-order valence-corrected chi connectivity index (χ1v) is 22.0. The number of hydrogen-bond donors (Lipinski definition) is 7. The Morgan fingerprint density at radius 2 is 1.42 bits per heavy atom. The smallest absolute Gasteiger partial charge is 0.263 e. The van der Waals surface area contributed by atoms with E-state index in [0.29, 0.717) is 51.8 Å². The van der Waals surface area contributed by atoms with Crippen LogP contribution >= 0.6 is 11.3 Å². The van der Waals surface area contributed by atoms with Gasteiger partial charge in [-0.2, -0.15) is 5.10 Å². The van der Waals surface area contributed by atoms with E-state index < -0.39 is 23.8 Å². The van der Waals surface area contributed by atoms with E-state index in [1.165, 1.54) is 61.0 Å². The number of amides is 4. The number of hydrogen-bond acceptors (Lipinski definition) is 13. The van der Waals surface area contributed by atoms with Crippen molar-refractivity contribution in [1.29, 1.82) is 0 Å². The third-order valence-electron chi connectivity index (χ3n) is 10.9. The minimum atomic E-state index is -0.762. The SMILES string of the molecule is CN=C/C(=C\N)NC(=O)C(CC1CCCC1)NC(=O)c1ccc(F)c(Nc2ccncc2)c1.Cn1cc(NC(=O)C(CC2CCCC2)NC(=O)c2cnc(Nc3ccncc3)s2)cn1. The lowest BCUT2D eigenvalue weighted by Gasteiger charge is -2.22. The lowest BCUT2D eigenvalue weighted by molar-refractivity contribution is -0.122. The van der Waals surface area contributed by atoms with Crippen molar-refractivity contribution in [2.75, 3.05) is 23.0 Å². The Bertz CT molecular complexity index is 2380. The second-order valence-corrected chi connectivity index (χ2v) is 16.7. The van der Waals surface area contributed by atoms with Gasteiger partial charge in [-0.25, -0.2) is 9.37 Å². The van der Waals surface area contributed by atoms with Crippen LogP contribution in [0.3, 0.4) is 0 Å². The van der Waals surface area contributed by atoms with Gasteiger partial charge in [-0.05, 0) is 67.1 Å². The Kier molecular flexibility index (Phi) is 17.0. The predicted octanol–water partition coefficient (Wildman–Crippen LogP) is 6.59. The number of aryl methyl sites for hydroxylation is 1. The standard InChI is InChI=1S/C24H29FN6O2.C21H25N7O2S/c1-27-15-19(14-26)30-24(33)22(12-16-4-2-3-5-16)31-23(32)17-6-7-20(25)21(13-17)29-18-8-10-28-11-9-18;1-28-13-16(11-24-28)25-19(29)17(10-14-4-2-3-5-14)27-20(30)18-12-23-21(31-18)26-15-6-8-22-9-7-15/h6-11,13-16,22H,2-5,12,26H2,1H3,(H,28,29)(H,30,33)(H,31,32);6-9,11-14,17H,2-5,10H2,1H3,(H,25,29)(H,27,30)(H,22,23,26)/b19-14+,27-15?;. The topological polar surface area (TPSA) is 235 Å². The highest BCUT2D eigenvalue weighted by Gasteiger charge is 2.29. The molecule has 2 aliphatic carbocycles. The second-order valence-electron chi connectivity index (χ2n) is 15.7. The molecule has 2 atom stereocenters. The van der Waals surface area contributed by atoms with Gasteiger partial charge in [0.05, 0.1) is 29.5 Å². The van der Waals surface area contributed by atoms with E-state index >= 15 is 0 Å². The van der Waals surface area contributed by atoms with Crippen LogP contribution in [0.25, 0.3) is 0 Å². The van der Waals surface area contributed by atoms with E-state index in [2.05, 4.69) is 56.9 Å².